The normalized spacial score (nSPS) is 11.0. The van der Waals surface area contributed by atoms with E-state index in [0.29, 0.717) is 11.3 Å². The van der Waals surface area contributed by atoms with Crippen molar-refractivity contribution in [1.82, 2.24) is 24.7 Å². The molecule has 0 radical (unpaired) electrons. The summed E-state index contributed by atoms with van der Waals surface area (Å²) in [5.74, 6) is -2.46. The molecule has 1 amide bonds. The number of hydrogen-bond acceptors (Lipinski definition) is 4. The summed E-state index contributed by atoms with van der Waals surface area (Å²) in [5, 5.41) is 10.6. The van der Waals surface area contributed by atoms with Gasteiger partial charge in [0.15, 0.2) is 0 Å². The quantitative estimate of drug-likeness (QED) is 0.545. The topological polar surface area (TPSA) is 81.3 Å². The minimum atomic E-state index is -0.778. The lowest BCUT2D eigenvalue weighted by Crippen LogP contribution is -2.34. The summed E-state index contributed by atoms with van der Waals surface area (Å²) in [4.78, 5) is 24.8. The molecular formula is C20H14F3N5O2. The Morgan fingerprint density at radius 1 is 1.00 bits per heavy atom. The van der Waals surface area contributed by atoms with Crippen LogP contribution in [0.4, 0.5) is 13.2 Å². The zero-order valence-corrected chi connectivity index (χ0v) is 15.3. The summed E-state index contributed by atoms with van der Waals surface area (Å²) in [6.45, 7) is -0.557. The molecule has 2 heterocycles. The van der Waals surface area contributed by atoms with Gasteiger partial charge in [-0.25, -0.2) is 22.4 Å². The predicted molar refractivity (Wildman–Crippen MR) is 101 cm³/mol. The molecule has 0 saturated heterocycles. The number of amides is 1. The second kappa shape index (κ2) is 7.82. The smallest absolute Gasteiger partial charge is 0.293 e. The second-order valence-corrected chi connectivity index (χ2v) is 6.47. The van der Waals surface area contributed by atoms with Gasteiger partial charge < -0.3 is 5.32 Å². The fraction of sp³-hybridized carbons (Fsp3) is 0.100. The number of fused-ring (bicyclic) bond motifs is 1. The van der Waals surface area contributed by atoms with Crippen LogP contribution in [0.5, 0.6) is 0 Å². The van der Waals surface area contributed by atoms with Gasteiger partial charge in [0.05, 0.1) is 5.69 Å². The van der Waals surface area contributed by atoms with Crippen molar-refractivity contribution in [3.63, 3.8) is 0 Å². The molecule has 7 nitrogen and oxygen atoms in total. The zero-order chi connectivity index (χ0) is 21.3. The summed E-state index contributed by atoms with van der Waals surface area (Å²) in [7, 11) is 0. The first kappa shape index (κ1) is 19.4. The van der Waals surface area contributed by atoms with Crippen molar-refractivity contribution in [1.29, 1.82) is 0 Å². The van der Waals surface area contributed by atoms with Gasteiger partial charge in [-0.3, -0.25) is 9.59 Å². The van der Waals surface area contributed by atoms with Gasteiger partial charge in [0.25, 0.3) is 5.56 Å². The lowest BCUT2D eigenvalue weighted by Gasteiger charge is -2.07. The summed E-state index contributed by atoms with van der Waals surface area (Å²) in [6.07, 6.45) is 1.27. The molecule has 0 unspecified atom stereocenters. The number of nitrogens with one attached hydrogen (secondary N) is 1. The van der Waals surface area contributed by atoms with Gasteiger partial charge >= 0.3 is 0 Å². The monoisotopic (exact) mass is 413 g/mol. The average Bonchev–Trinajstić information content (AvgIpc) is 3.15. The fourth-order valence-corrected chi connectivity index (χ4v) is 2.86. The molecule has 0 aliphatic heterocycles. The van der Waals surface area contributed by atoms with Crippen LogP contribution in [0.25, 0.3) is 16.8 Å². The van der Waals surface area contributed by atoms with Gasteiger partial charge in [-0.2, -0.15) is 10.2 Å². The van der Waals surface area contributed by atoms with Crippen LogP contribution >= 0.6 is 0 Å². The number of carbonyl (C=O) groups is 1. The molecule has 0 bridgehead atoms. The third-order valence-corrected chi connectivity index (χ3v) is 4.41. The first-order valence-corrected chi connectivity index (χ1v) is 8.83. The van der Waals surface area contributed by atoms with E-state index in [4.69, 9.17) is 0 Å². The summed E-state index contributed by atoms with van der Waals surface area (Å²) >= 11 is 0. The third kappa shape index (κ3) is 3.93. The fourth-order valence-electron chi connectivity index (χ4n) is 2.86. The second-order valence-electron chi connectivity index (χ2n) is 6.47. The van der Waals surface area contributed by atoms with Crippen LogP contribution in [0.3, 0.4) is 0 Å². The van der Waals surface area contributed by atoms with E-state index in [1.807, 2.05) is 0 Å². The van der Waals surface area contributed by atoms with Crippen molar-refractivity contribution in [3.05, 3.63) is 88.2 Å². The van der Waals surface area contributed by atoms with E-state index < -0.39 is 35.5 Å². The van der Waals surface area contributed by atoms with E-state index in [2.05, 4.69) is 15.5 Å². The standard InChI is InChI=1S/C20H14F3N5O2/c21-14-4-1-12(2-5-14)17-8-18-20(30)27(25-11-28(18)26-17)10-19(29)24-9-13-3-6-15(22)7-16(13)23/h1-8,11H,9-10H2,(H,24,29). The Labute approximate surface area is 167 Å². The molecule has 0 saturated carbocycles. The minimum absolute atomic E-state index is 0.111. The van der Waals surface area contributed by atoms with Crippen molar-refractivity contribution in [2.24, 2.45) is 0 Å². The van der Waals surface area contributed by atoms with Crippen LogP contribution in [0, 0.1) is 17.5 Å². The molecule has 30 heavy (non-hydrogen) atoms. The number of aromatic nitrogens is 4. The maximum absolute atomic E-state index is 13.6. The van der Waals surface area contributed by atoms with E-state index in [0.717, 1.165) is 16.8 Å². The Bertz CT molecular complexity index is 1300. The Balaban J connectivity index is 1.51. The number of carbonyl (C=O) groups excluding carboxylic acids is 1. The van der Waals surface area contributed by atoms with E-state index in [9.17, 15) is 22.8 Å². The molecule has 0 aliphatic carbocycles. The van der Waals surface area contributed by atoms with Crippen LogP contribution in [0.1, 0.15) is 5.56 Å². The number of nitrogens with zero attached hydrogens (tertiary/aromatic N) is 4. The largest absolute Gasteiger partial charge is 0.350 e. The summed E-state index contributed by atoms with van der Waals surface area (Å²) < 4.78 is 41.9. The number of rotatable bonds is 5. The van der Waals surface area contributed by atoms with Crippen molar-refractivity contribution in [2.75, 3.05) is 0 Å². The Hall–Kier alpha value is -3.95. The highest BCUT2D eigenvalue weighted by Crippen LogP contribution is 2.18. The van der Waals surface area contributed by atoms with Crippen molar-refractivity contribution < 1.29 is 18.0 Å². The van der Waals surface area contributed by atoms with Gasteiger partial charge in [0.2, 0.25) is 5.91 Å². The number of benzene rings is 2. The van der Waals surface area contributed by atoms with E-state index in [-0.39, 0.29) is 17.6 Å². The first-order chi connectivity index (χ1) is 14.4. The lowest BCUT2D eigenvalue weighted by atomic mass is 10.1. The molecular weight excluding hydrogens is 399 g/mol. The highest BCUT2D eigenvalue weighted by molar-refractivity contribution is 5.75. The molecule has 4 aromatic rings. The van der Waals surface area contributed by atoms with Crippen LogP contribution in [-0.4, -0.2) is 25.3 Å². The Morgan fingerprint density at radius 2 is 1.73 bits per heavy atom. The average molecular weight is 413 g/mol. The minimum Gasteiger partial charge on any atom is -0.350 e. The molecule has 0 fully saturated rings. The third-order valence-electron chi connectivity index (χ3n) is 4.41. The van der Waals surface area contributed by atoms with E-state index in [1.165, 1.54) is 47.2 Å². The molecule has 2 aromatic carbocycles. The molecule has 152 valence electrons. The van der Waals surface area contributed by atoms with Gasteiger partial charge in [0.1, 0.15) is 35.8 Å². The van der Waals surface area contributed by atoms with Gasteiger partial charge in [-0.05, 0) is 36.4 Å². The van der Waals surface area contributed by atoms with Gasteiger partial charge in [-0.1, -0.05) is 6.07 Å². The predicted octanol–water partition coefficient (Wildman–Crippen LogP) is 2.29. The molecule has 4 rings (SSSR count). The molecule has 1 N–H and O–H groups in total. The van der Waals surface area contributed by atoms with Crippen LogP contribution in [-0.2, 0) is 17.9 Å². The van der Waals surface area contributed by atoms with Crippen LogP contribution in [0.2, 0.25) is 0 Å². The van der Waals surface area contributed by atoms with Crippen molar-refractivity contribution in [3.8, 4) is 11.3 Å². The van der Waals surface area contributed by atoms with Crippen LogP contribution in [0.15, 0.2) is 59.7 Å². The summed E-state index contributed by atoms with van der Waals surface area (Å²) in [6, 6.07) is 10.2. The van der Waals surface area contributed by atoms with Gasteiger partial charge in [0, 0.05) is 23.7 Å². The highest BCUT2D eigenvalue weighted by atomic mass is 19.1. The molecule has 0 aliphatic rings. The van der Waals surface area contributed by atoms with E-state index >= 15 is 0 Å². The van der Waals surface area contributed by atoms with E-state index in [1.54, 1.807) is 0 Å². The summed E-state index contributed by atoms with van der Waals surface area (Å²) in [5.41, 5.74) is 0.802. The zero-order valence-electron chi connectivity index (χ0n) is 15.3. The highest BCUT2D eigenvalue weighted by Gasteiger charge is 2.13. The molecule has 0 atom stereocenters. The van der Waals surface area contributed by atoms with Crippen molar-refractivity contribution in [2.45, 2.75) is 13.1 Å². The first-order valence-electron chi connectivity index (χ1n) is 8.83. The van der Waals surface area contributed by atoms with Crippen molar-refractivity contribution >= 4 is 11.4 Å². The molecule has 0 spiro atoms. The van der Waals surface area contributed by atoms with Crippen LogP contribution < -0.4 is 10.9 Å². The number of hydrogen-bond donors (Lipinski definition) is 1. The molecule has 2 aromatic heterocycles. The number of halogens is 3. The SMILES string of the molecule is O=C(Cn1ncn2nc(-c3ccc(F)cc3)cc2c1=O)NCc1ccc(F)cc1F. The lowest BCUT2D eigenvalue weighted by molar-refractivity contribution is -0.122. The maximum atomic E-state index is 13.6. The Kier molecular flexibility index (Phi) is 5.05. The van der Waals surface area contributed by atoms with Gasteiger partial charge in [-0.15, -0.1) is 0 Å². The molecule has 10 heteroatoms. The maximum Gasteiger partial charge on any atom is 0.293 e. The Morgan fingerprint density at radius 3 is 2.47 bits per heavy atom.